The molecule has 0 aromatic rings. The van der Waals surface area contributed by atoms with Gasteiger partial charge in [0.2, 0.25) is 0 Å². The van der Waals surface area contributed by atoms with E-state index >= 15 is 0 Å². The van der Waals surface area contributed by atoms with Crippen LogP contribution in [0.1, 0.15) is 47.0 Å². The number of hydrogen-bond donors (Lipinski definition) is 0. The predicted molar refractivity (Wildman–Crippen MR) is 93.5 cm³/mol. The van der Waals surface area contributed by atoms with E-state index < -0.39 is 0 Å². The molecule has 0 unspecified atom stereocenters. The minimum Gasteiger partial charge on any atom is -0.497 e. The SMILES string of the molecule is COC(/C=C/C=C(C)/C=C/C1=C(C)CCCC1(C)C)=C/C=O. The lowest BCUT2D eigenvalue weighted by atomic mass is 9.72. The monoisotopic (exact) mass is 300 g/mol. The molecule has 0 aromatic heterocycles. The zero-order chi connectivity index (χ0) is 16.6. The van der Waals surface area contributed by atoms with Gasteiger partial charge in [0, 0.05) is 6.08 Å². The van der Waals surface area contributed by atoms with Crippen LogP contribution in [-0.4, -0.2) is 13.4 Å². The maximum absolute atomic E-state index is 10.4. The second-order valence-corrected chi connectivity index (χ2v) is 6.44. The quantitative estimate of drug-likeness (QED) is 0.288. The number of ether oxygens (including phenoxy) is 1. The Labute approximate surface area is 134 Å². The van der Waals surface area contributed by atoms with Crippen molar-refractivity contribution in [2.75, 3.05) is 7.11 Å². The van der Waals surface area contributed by atoms with E-state index in [1.54, 1.807) is 13.2 Å². The van der Waals surface area contributed by atoms with Gasteiger partial charge >= 0.3 is 0 Å². The summed E-state index contributed by atoms with van der Waals surface area (Å²) < 4.78 is 5.06. The molecule has 1 aliphatic rings. The molecule has 0 saturated carbocycles. The standard InChI is InChI=1S/C20H28O2/c1-16(8-6-10-18(22-5)13-15-21)11-12-19-17(2)9-7-14-20(19,3)4/h6,8,10-13,15H,7,9,14H2,1-5H3/b10-6+,12-11+,16-8+,18-13+. The van der Waals surface area contributed by atoms with Crippen molar-refractivity contribution in [3.05, 3.63) is 58.9 Å². The first kappa shape index (κ1) is 18.2. The Balaban J connectivity index is 2.81. The Kier molecular flexibility index (Phi) is 7.10. The van der Waals surface area contributed by atoms with Crippen LogP contribution in [0, 0.1) is 5.41 Å². The van der Waals surface area contributed by atoms with E-state index in [4.69, 9.17) is 4.74 Å². The number of hydrogen-bond acceptors (Lipinski definition) is 2. The summed E-state index contributed by atoms with van der Waals surface area (Å²) in [5, 5.41) is 0. The summed E-state index contributed by atoms with van der Waals surface area (Å²) in [5.74, 6) is 0.551. The smallest absolute Gasteiger partial charge is 0.146 e. The van der Waals surface area contributed by atoms with Gasteiger partial charge in [0.25, 0.3) is 0 Å². The molecular formula is C20H28O2. The van der Waals surface area contributed by atoms with Gasteiger partial charge in [-0.1, -0.05) is 49.3 Å². The van der Waals surface area contributed by atoms with Crippen molar-refractivity contribution in [1.29, 1.82) is 0 Å². The van der Waals surface area contributed by atoms with Gasteiger partial charge < -0.3 is 4.74 Å². The summed E-state index contributed by atoms with van der Waals surface area (Å²) in [7, 11) is 1.55. The van der Waals surface area contributed by atoms with Gasteiger partial charge in [-0.25, -0.2) is 0 Å². The molecule has 0 bridgehead atoms. The second-order valence-electron chi connectivity index (χ2n) is 6.44. The zero-order valence-corrected chi connectivity index (χ0v) is 14.5. The van der Waals surface area contributed by atoms with E-state index in [1.807, 2.05) is 12.2 Å². The number of rotatable bonds is 6. The third-order valence-electron chi connectivity index (χ3n) is 4.14. The van der Waals surface area contributed by atoms with Crippen molar-refractivity contribution in [1.82, 2.24) is 0 Å². The molecule has 0 heterocycles. The molecular weight excluding hydrogens is 272 g/mol. The summed E-state index contributed by atoms with van der Waals surface area (Å²) in [6.07, 6.45) is 16.0. The van der Waals surface area contributed by atoms with Gasteiger partial charge in [0.15, 0.2) is 0 Å². The third-order valence-corrected chi connectivity index (χ3v) is 4.14. The predicted octanol–water partition coefficient (Wildman–Crippen LogP) is 5.30. The first-order valence-corrected chi connectivity index (χ1v) is 7.83. The van der Waals surface area contributed by atoms with Crippen LogP contribution in [0.15, 0.2) is 58.9 Å². The molecule has 2 nitrogen and oxygen atoms in total. The van der Waals surface area contributed by atoms with Crippen LogP contribution in [0.4, 0.5) is 0 Å². The molecule has 0 aliphatic heterocycles. The molecule has 0 spiro atoms. The van der Waals surface area contributed by atoms with E-state index in [1.165, 1.54) is 42.1 Å². The van der Waals surface area contributed by atoms with Crippen molar-refractivity contribution >= 4 is 6.29 Å². The molecule has 1 rings (SSSR count). The topological polar surface area (TPSA) is 26.3 Å². The minimum atomic E-state index is 0.269. The van der Waals surface area contributed by atoms with Crippen molar-refractivity contribution < 1.29 is 9.53 Å². The lowest BCUT2D eigenvalue weighted by Gasteiger charge is -2.32. The van der Waals surface area contributed by atoms with Crippen molar-refractivity contribution in [2.45, 2.75) is 47.0 Å². The summed E-state index contributed by atoms with van der Waals surface area (Å²) in [6.45, 7) is 8.96. The van der Waals surface area contributed by atoms with E-state index in [-0.39, 0.29) is 5.41 Å². The molecule has 0 aromatic carbocycles. The summed E-state index contributed by atoms with van der Waals surface area (Å²) in [4.78, 5) is 10.4. The van der Waals surface area contributed by atoms with Crippen LogP contribution >= 0.6 is 0 Å². The largest absolute Gasteiger partial charge is 0.497 e. The van der Waals surface area contributed by atoms with E-state index in [9.17, 15) is 4.79 Å². The highest BCUT2D eigenvalue weighted by atomic mass is 16.5. The van der Waals surface area contributed by atoms with Crippen LogP contribution in [0.25, 0.3) is 0 Å². The molecule has 2 heteroatoms. The maximum atomic E-state index is 10.4. The fraction of sp³-hybridized carbons (Fsp3) is 0.450. The molecule has 0 fully saturated rings. The normalized spacial score (nSPS) is 20.0. The third kappa shape index (κ3) is 5.51. The Morgan fingerprint density at radius 2 is 1.95 bits per heavy atom. The van der Waals surface area contributed by atoms with Crippen LogP contribution < -0.4 is 0 Å². The van der Waals surface area contributed by atoms with Gasteiger partial charge in [-0.15, -0.1) is 0 Å². The van der Waals surface area contributed by atoms with Crippen LogP contribution in [-0.2, 0) is 9.53 Å². The zero-order valence-electron chi connectivity index (χ0n) is 14.5. The number of carbonyl (C=O) groups excluding carboxylic acids is 1. The van der Waals surface area contributed by atoms with Crippen molar-refractivity contribution in [2.24, 2.45) is 5.41 Å². The molecule has 1 aliphatic carbocycles. The summed E-state index contributed by atoms with van der Waals surface area (Å²) in [5.41, 5.74) is 4.41. The number of aldehydes is 1. The lowest BCUT2D eigenvalue weighted by Crippen LogP contribution is -2.19. The number of carbonyl (C=O) groups is 1. The van der Waals surface area contributed by atoms with Gasteiger partial charge in [0.1, 0.15) is 12.0 Å². The van der Waals surface area contributed by atoms with Crippen molar-refractivity contribution in [3.8, 4) is 0 Å². The van der Waals surface area contributed by atoms with E-state index in [0.717, 1.165) is 6.29 Å². The van der Waals surface area contributed by atoms with Crippen LogP contribution in [0.5, 0.6) is 0 Å². The maximum Gasteiger partial charge on any atom is 0.146 e. The fourth-order valence-electron chi connectivity index (χ4n) is 2.83. The Hall–Kier alpha value is -1.83. The Bertz CT molecular complexity index is 540. The van der Waals surface area contributed by atoms with E-state index in [0.29, 0.717) is 5.76 Å². The average Bonchev–Trinajstić information content (AvgIpc) is 2.45. The molecule has 22 heavy (non-hydrogen) atoms. The van der Waals surface area contributed by atoms with Gasteiger partial charge in [0.05, 0.1) is 7.11 Å². The van der Waals surface area contributed by atoms with Gasteiger partial charge in [-0.3, -0.25) is 4.79 Å². The Morgan fingerprint density at radius 1 is 1.23 bits per heavy atom. The Morgan fingerprint density at radius 3 is 2.55 bits per heavy atom. The first-order valence-electron chi connectivity index (χ1n) is 7.83. The van der Waals surface area contributed by atoms with Gasteiger partial charge in [-0.2, -0.15) is 0 Å². The first-order chi connectivity index (χ1) is 10.4. The minimum absolute atomic E-state index is 0.269. The highest BCUT2D eigenvalue weighted by Crippen LogP contribution is 2.40. The fourth-order valence-corrected chi connectivity index (χ4v) is 2.83. The summed E-state index contributed by atoms with van der Waals surface area (Å²) >= 11 is 0. The molecule has 120 valence electrons. The van der Waals surface area contributed by atoms with Gasteiger partial charge in [-0.05, 0) is 50.2 Å². The number of allylic oxidation sites excluding steroid dienone is 9. The highest BCUT2D eigenvalue weighted by molar-refractivity contribution is 5.66. The van der Waals surface area contributed by atoms with Crippen molar-refractivity contribution in [3.63, 3.8) is 0 Å². The molecule has 0 saturated heterocycles. The second kappa shape index (κ2) is 8.57. The molecule has 0 N–H and O–H groups in total. The number of methoxy groups -OCH3 is 1. The molecule has 0 amide bonds. The van der Waals surface area contributed by atoms with Crippen LogP contribution in [0.2, 0.25) is 0 Å². The lowest BCUT2D eigenvalue weighted by molar-refractivity contribution is -0.104. The van der Waals surface area contributed by atoms with Crippen LogP contribution in [0.3, 0.4) is 0 Å². The highest BCUT2D eigenvalue weighted by Gasteiger charge is 2.26. The molecule has 0 atom stereocenters. The molecule has 0 radical (unpaired) electrons. The average molecular weight is 300 g/mol. The van der Waals surface area contributed by atoms with E-state index in [2.05, 4.69) is 39.8 Å². The summed E-state index contributed by atoms with van der Waals surface area (Å²) in [6, 6.07) is 0.